The molecule has 1 aliphatic carbocycles. The number of aliphatic hydroxyl groups is 1. The number of Topliss-reactive ketones (excluding diaryl/α,β-unsaturated/α-hetero) is 1. The minimum atomic E-state index is -1.89. The van der Waals surface area contributed by atoms with Crippen LogP contribution in [0.2, 0.25) is 0 Å². The average molecular weight is 395 g/mol. The Balaban J connectivity index is 2.34. The largest absolute Gasteiger partial charge is 0.493 e. The number of esters is 1. The average Bonchev–Trinajstić information content (AvgIpc) is 2.61. The van der Waals surface area contributed by atoms with Gasteiger partial charge in [0.1, 0.15) is 11.9 Å². The summed E-state index contributed by atoms with van der Waals surface area (Å²) >= 11 is 6.24. The maximum atomic E-state index is 12.5. The molecule has 0 bridgehead atoms. The van der Waals surface area contributed by atoms with Crippen molar-refractivity contribution in [2.24, 2.45) is 11.8 Å². The molecule has 4 atom stereocenters. The summed E-state index contributed by atoms with van der Waals surface area (Å²) < 4.78 is 11.0. The third kappa shape index (κ3) is 4.71. The molecule has 6 heteroatoms. The first-order valence-corrected chi connectivity index (χ1v) is 9.50. The number of ketones is 1. The van der Waals surface area contributed by atoms with E-state index < -0.39 is 29.4 Å². The van der Waals surface area contributed by atoms with Gasteiger partial charge in [-0.1, -0.05) is 49.6 Å². The fourth-order valence-corrected chi connectivity index (χ4v) is 3.62. The Bertz CT molecular complexity index is 742. The topological polar surface area (TPSA) is 72.8 Å². The van der Waals surface area contributed by atoms with E-state index in [2.05, 4.69) is 19.9 Å². The van der Waals surface area contributed by atoms with Crippen molar-refractivity contribution in [1.82, 2.24) is 0 Å². The number of rotatable bonds is 5. The zero-order valence-corrected chi connectivity index (χ0v) is 17.2. The highest BCUT2D eigenvalue weighted by atomic mass is 35.5. The molecule has 0 aromatic carbocycles. The zero-order valence-electron chi connectivity index (χ0n) is 16.4. The van der Waals surface area contributed by atoms with Crippen LogP contribution in [0.5, 0.6) is 0 Å². The first-order chi connectivity index (χ1) is 12.6. The fourth-order valence-electron chi connectivity index (χ4n) is 3.24. The van der Waals surface area contributed by atoms with Gasteiger partial charge in [-0.05, 0) is 37.5 Å². The molecule has 0 saturated heterocycles. The Morgan fingerprint density at radius 3 is 2.78 bits per heavy atom. The molecule has 0 radical (unpaired) electrons. The van der Waals surface area contributed by atoms with E-state index in [1.807, 2.05) is 19.1 Å². The van der Waals surface area contributed by atoms with Crippen molar-refractivity contribution in [3.63, 3.8) is 0 Å². The second kappa shape index (κ2) is 8.44. The third-order valence-electron chi connectivity index (χ3n) is 4.95. The molecule has 0 aromatic rings. The number of hydrogen-bond donors (Lipinski definition) is 1. The van der Waals surface area contributed by atoms with Crippen LogP contribution in [-0.4, -0.2) is 35.2 Å². The van der Waals surface area contributed by atoms with Crippen molar-refractivity contribution < 1.29 is 24.2 Å². The van der Waals surface area contributed by atoms with Gasteiger partial charge in [-0.25, -0.2) is 0 Å². The zero-order chi connectivity index (χ0) is 20.4. The molecular formula is C21H27ClO5. The fraction of sp³-hybridized carbons (Fsp3) is 0.524. The van der Waals surface area contributed by atoms with Crippen LogP contribution in [0.4, 0.5) is 0 Å². The van der Waals surface area contributed by atoms with E-state index in [1.54, 1.807) is 6.08 Å². The number of carbonyl (C=O) groups is 2. The van der Waals surface area contributed by atoms with Crippen molar-refractivity contribution in [3.8, 4) is 0 Å². The minimum absolute atomic E-state index is 0.0468. The van der Waals surface area contributed by atoms with E-state index in [9.17, 15) is 14.7 Å². The second-order valence-corrected chi connectivity index (χ2v) is 7.75. The van der Waals surface area contributed by atoms with Gasteiger partial charge in [-0.3, -0.25) is 9.59 Å². The quantitative estimate of drug-likeness (QED) is 0.566. The number of ether oxygens (including phenoxy) is 2. The normalized spacial score (nSPS) is 30.0. The number of carbonyl (C=O) groups excluding carboxylic acids is 2. The molecule has 1 heterocycles. The van der Waals surface area contributed by atoms with Gasteiger partial charge in [0.15, 0.2) is 5.60 Å². The summed E-state index contributed by atoms with van der Waals surface area (Å²) in [7, 11) is 0. The van der Waals surface area contributed by atoms with E-state index in [1.165, 1.54) is 13.8 Å². The van der Waals surface area contributed by atoms with E-state index >= 15 is 0 Å². The van der Waals surface area contributed by atoms with Gasteiger partial charge >= 0.3 is 5.97 Å². The van der Waals surface area contributed by atoms with Gasteiger partial charge < -0.3 is 14.6 Å². The summed E-state index contributed by atoms with van der Waals surface area (Å²) in [5.41, 5.74) is -0.262. The molecule has 5 nitrogen and oxygen atoms in total. The Morgan fingerprint density at radius 2 is 2.19 bits per heavy atom. The van der Waals surface area contributed by atoms with Crippen LogP contribution in [0.3, 0.4) is 0 Å². The molecule has 148 valence electrons. The van der Waals surface area contributed by atoms with E-state index in [0.29, 0.717) is 17.3 Å². The van der Waals surface area contributed by atoms with Gasteiger partial charge in [0.2, 0.25) is 5.78 Å². The van der Waals surface area contributed by atoms with Crippen LogP contribution in [0, 0.1) is 11.8 Å². The standard InChI is InChI=1S/C21H27ClO5/c1-6-12(2)9-13(3)7-8-15-10-16-17(11-26-15)20(27-14(4)23)21(5,25)19(24)18(16)22/h7-10,12,17,20,25H,6,11H2,1-5H3. The molecule has 2 rings (SSSR count). The Labute approximate surface area is 165 Å². The summed E-state index contributed by atoms with van der Waals surface area (Å²) in [6.45, 7) is 8.99. The van der Waals surface area contributed by atoms with Crippen molar-refractivity contribution in [2.75, 3.05) is 6.61 Å². The van der Waals surface area contributed by atoms with Crippen LogP contribution in [0.1, 0.15) is 41.0 Å². The van der Waals surface area contributed by atoms with Gasteiger partial charge in [0.25, 0.3) is 0 Å². The lowest BCUT2D eigenvalue weighted by Crippen LogP contribution is -2.57. The summed E-state index contributed by atoms with van der Waals surface area (Å²) in [5.74, 6) is -0.697. The molecule has 4 unspecified atom stereocenters. The van der Waals surface area contributed by atoms with Crippen LogP contribution >= 0.6 is 11.6 Å². The smallest absolute Gasteiger partial charge is 0.303 e. The molecule has 0 aromatic heterocycles. The van der Waals surface area contributed by atoms with E-state index in [0.717, 1.165) is 12.0 Å². The SMILES string of the molecule is CCC(C)C=C(C)C=CC1=CC2=C(Cl)C(=O)C(C)(O)C(OC(C)=O)C2CO1. The molecule has 27 heavy (non-hydrogen) atoms. The summed E-state index contributed by atoms with van der Waals surface area (Å²) in [6, 6.07) is 0. The lowest BCUT2D eigenvalue weighted by Gasteiger charge is -2.42. The van der Waals surface area contributed by atoms with Crippen molar-refractivity contribution in [1.29, 1.82) is 0 Å². The first kappa shape index (κ1) is 21.5. The summed E-state index contributed by atoms with van der Waals surface area (Å²) in [6.07, 6.45) is 7.62. The van der Waals surface area contributed by atoms with Crippen molar-refractivity contribution in [3.05, 3.63) is 46.2 Å². The molecule has 0 saturated carbocycles. The van der Waals surface area contributed by atoms with E-state index in [4.69, 9.17) is 21.1 Å². The summed E-state index contributed by atoms with van der Waals surface area (Å²) in [5, 5.41) is 10.5. The predicted octanol–water partition coefficient (Wildman–Crippen LogP) is 3.82. The molecular weight excluding hydrogens is 368 g/mol. The third-order valence-corrected chi connectivity index (χ3v) is 5.34. The maximum absolute atomic E-state index is 12.5. The Morgan fingerprint density at radius 1 is 1.52 bits per heavy atom. The summed E-state index contributed by atoms with van der Waals surface area (Å²) in [4.78, 5) is 23.9. The highest BCUT2D eigenvalue weighted by Crippen LogP contribution is 2.41. The molecule has 0 spiro atoms. The number of halogens is 1. The van der Waals surface area contributed by atoms with Gasteiger partial charge in [0.05, 0.1) is 17.6 Å². The van der Waals surface area contributed by atoms with Gasteiger partial charge in [-0.2, -0.15) is 0 Å². The van der Waals surface area contributed by atoms with Gasteiger partial charge in [-0.15, -0.1) is 0 Å². The van der Waals surface area contributed by atoms with Crippen LogP contribution in [0.25, 0.3) is 0 Å². The number of hydrogen-bond acceptors (Lipinski definition) is 5. The second-order valence-electron chi connectivity index (χ2n) is 7.37. The lowest BCUT2D eigenvalue weighted by molar-refractivity contribution is -0.174. The van der Waals surface area contributed by atoms with Crippen LogP contribution < -0.4 is 0 Å². The molecule has 0 fully saturated rings. The minimum Gasteiger partial charge on any atom is -0.493 e. The number of allylic oxidation sites excluding steroid dienone is 5. The van der Waals surface area contributed by atoms with Crippen LogP contribution in [0.15, 0.2) is 46.2 Å². The van der Waals surface area contributed by atoms with E-state index in [-0.39, 0.29) is 11.6 Å². The Hall–Kier alpha value is -1.85. The Kier molecular flexibility index (Phi) is 6.71. The number of fused-ring (bicyclic) bond motifs is 1. The molecule has 0 amide bonds. The highest BCUT2D eigenvalue weighted by molar-refractivity contribution is 6.44. The van der Waals surface area contributed by atoms with Crippen molar-refractivity contribution >= 4 is 23.4 Å². The lowest BCUT2D eigenvalue weighted by atomic mass is 9.74. The molecule has 1 aliphatic heterocycles. The molecule has 1 N–H and O–H groups in total. The monoisotopic (exact) mass is 394 g/mol. The maximum Gasteiger partial charge on any atom is 0.303 e. The highest BCUT2D eigenvalue weighted by Gasteiger charge is 2.53. The predicted molar refractivity (Wildman–Crippen MR) is 104 cm³/mol. The molecule has 2 aliphatic rings. The first-order valence-electron chi connectivity index (χ1n) is 9.13. The van der Waals surface area contributed by atoms with Crippen LogP contribution in [-0.2, 0) is 19.1 Å². The van der Waals surface area contributed by atoms with Gasteiger partial charge in [0, 0.05) is 6.92 Å². The van der Waals surface area contributed by atoms with Crippen molar-refractivity contribution in [2.45, 2.75) is 52.7 Å².